The number of fused-ring (bicyclic) bond motifs is 7. The van der Waals surface area contributed by atoms with E-state index in [0.29, 0.717) is 47.3 Å². The number of piperazine rings is 1. The Morgan fingerprint density at radius 3 is 2.12 bits per heavy atom. The van der Waals surface area contributed by atoms with Gasteiger partial charge in [-0.05, 0) is 149 Å². The van der Waals surface area contributed by atoms with Crippen molar-refractivity contribution >= 4 is 17.8 Å². The Morgan fingerprint density at radius 2 is 1.50 bits per heavy atom. The molecule has 1 unspecified atom stereocenters. The lowest BCUT2D eigenvalue weighted by Crippen LogP contribution is -2.68. The molecule has 11 atom stereocenters. The van der Waals surface area contributed by atoms with Crippen molar-refractivity contribution in [3.8, 4) is 0 Å². The van der Waals surface area contributed by atoms with Crippen LogP contribution in [0.25, 0.3) is 0 Å². The maximum absolute atomic E-state index is 15.0. The average Bonchev–Trinajstić information content (AvgIpc) is 3.70. The highest BCUT2D eigenvalue weighted by Crippen LogP contribution is 2.79. The Balaban J connectivity index is 1.14. The molecule has 0 aromatic carbocycles. The molecule has 6 aliphatic carbocycles. The second-order valence-corrected chi connectivity index (χ2v) is 20.5. The number of ether oxygens (including phenoxy) is 1. The SMILES string of the molecule is [2H]C([2H])([2H])C(C)(CC(=O)O[C@H]1CC[C@]2(C)[C@H]3CC[C@@H]4[C@H]5[C@H](C6(C)CC6)CC[C@]5(C(=O)N5CCN(CC)CC5)CC[C@@]4(C)[C@]3(C)CC[C@H]2C1(C)C)C(=O)O. The molecule has 0 aromatic rings. The van der Waals surface area contributed by atoms with Gasteiger partial charge in [-0.15, -0.1) is 0 Å². The highest BCUT2D eigenvalue weighted by molar-refractivity contribution is 5.84. The predicted octanol–water partition coefficient (Wildman–Crippen LogP) is 8.44. The van der Waals surface area contributed by atoms with Crippen LogP contribution in [-0.2, 0) is 19.1 Å². The zero-order chi connectivity index (χ0) is 38.8. The molecule has 6 saturated carbocycles. The topological polar surface area (TPSA) is 87.2 Å². The third-order valence-corrected chi connectivity index (χ3v) is 18.1. The number of carboxylic acid groups (broad SMARTS) is 1. The van der Waals surface area contributed by atoms with Gasteiger partial charge >= 0.3 is 11.9 Å². The Morgan fingerprint density at radius 1 is 0.800 bits per heavy atom. The number of rotatable bonds is 7. The summed E-state index contributed by atoms with van der Waals surface area (Å²) < 4.78 is 29.6. The van der Waals surface area contributed by atoms with Crippen molar-refractivity contribution in [3.05, 3.63) is 0 Å². The van der Waals surface area contributed by atoms with E-state index in [2.05, 4.69) is 58.3 Å². The van der Waals surface area contributed by atoms with Gasteiger partial charge in [0.25, 0.3) is 0 Å². The van der Waals surface area contributed by atoms with Crippen LogP contribution in [0.2, 0.25) is 0 Å². The monoisotopic (exact) mass is 698 g/mol. The lowest BCUT2D eigenvalue weighted by atomic mass is 9.32. The van der Waals surface area contributed by atoms with Crippen LogP contribution in [0.5, 0.6) is 0 Å². The first-order valence-electron chi connectivity index (χ1n) is 22.0. The maximum atomic E-state index is 15.0. The normalized spacial score (nSPS) is 47.1. The Hall–Kier alpha value is -1.63. The van der Waals surface area contributed by atoms with Gasteiger partial charge in [-0.25, -0.2) is 0 Å². The van der Waals surface area contributed by atoms with E-state index in [1.165, 1.54) is 32.1 Å². The van der Waals surface area contributed by atoms with Crippen molar-refractivity contribution in [2.45, 2.75) is 152 Å². The molecule has 1 saturated heterocycles. The van der Waals surface area contributed by atoms with Crippen LogP contribution >= 0.6 is 0 Å². The summed E-state index contributed by atoms with van der Waals surface area (Å²) in [7, 11) is 0. The van der Waals surface area contributed by atoms with Gasteiger partial charge in [-0.2, -0.15) is 0 Å². The number of amides is 1. The first kappa shape index (κ1) is 33.0. The summed E-state index contributed by atoms with van der Waals surface area (Å²) in [5.41, 5.74) is -2.01. The molecule has 1 aliphatic heterocycles. The second kappa shape index (κ2) is 11.9. The fourth-order valence-electron chi connectivity index (χ4n) is 14.6. The fraction of sp³-hybridized carbons (Fsp3) is 0.930. The molecule has 0 radical (unpaired) electrons. The smallest absolute Gasteiger partial charge is 0.309 e. The molecule has 282 valence electrons. The molecule has 7 heteroatoms. The number of aliphatic carboxylic acids is 1. The number of hydrogen-bond donors (Lipinski definition) is 1. The van der Waals surface area contributed by atoms with E-state index in [0.717, 1.165) is 78.2 Å². The Bertz CT molecular complexity index is 1490. The van der Waals surface area contributed by atoms with Gasteiger partial charge in [-0.1, -0.05) is 48.5 Å². The number of carbonyl (C=O) groups is 3. The molecular formula is C43H70N2O5. The van der Waals surface area contributed by atoms with Crippen molar-refractivity contribution in [1.82, 2.24) is 9.80 Å². The highest BCUT2D eigenvalue weighted by atomic mass is 16.5. The van der Waals surface area contributed by atoms with Crippen molar-refractivity contribution in [2.75, 3.05) is 32.7 Å². The standard InChI is InChI=1S/C43H70N2O5/c1-10-44-23-25-45(26-24-44)35(47)43-18-13-28(39(6)19-20-39)34(43)29-11-12-31-40(7)16-15-32(50-33(46)27-37(2,3)36(48)49)38(4,5)30(40)14-17-42(31,9)41(29,8)21-22-43/h28-32,34H,10-27H2,1-9H3,(H,48,49)/t28-,29-,30+,31-,32+,34-,40+,41-,42-,43+/m1/s1/i2D3/t28-,29-,30+,31-,32+,34-,37?,40+,41-,42-,43+. The van der Waals surface area contributed by atoms with Crippen LogP contribution in [0.4, 0.5) is 0 Å². The molecule has 1 heterocycles. The molecule has 1 N–H and O–H groups in total. The largest absolute Gasteiger partial charge is 0.481 e. The third-order valence-electron chi connectivity index (χ3n) is 18.1. The van der Waals surface area contributed by atoms with Gasteiger partial charge in [0.1, 0.15) is 6.10 Å². The van der Waals surface area contributed by atoms with Crippen LogP contribution in [0.1, 0.15) is 150 Å². The molecule has 1 amide bonds. The summed E-state index contributed by atoms with van der Waals surface area (Å²) in [6.07, 6.45) is 12.2. The summed E-state index contributed by atoms with van der Waals surface area (Å²) in [5.74, 6) is 0.758. The number of likely N-dealkylation sites (N-methyl/N-ethyl adjacent to an activating group) is 1. The van der Waals surface area contributed by atoms with E-state index in [-0.39, 0.29) is 27.1 Å². The number of esters is 1. The van der Waals surface area contributed by atoms with Gasteiger partial charge in [0.05, 0.1) is 17.3 Å². The quantitative estimate of drug-likeness (QED) is 0.269. The number of carbonyl (C=O) groups excluding carboxylic acids is 2. The molecular weight excluding hydrogens is 624 g/mol. The minimum atomic E-state index is -2.83. The highest BCUT2D eigenvalue weighted by Gasteiger charge is 2.73. The molecule has 0 bridgehead atoms. The first-order valence-corrected chi connectivity index (χ1v) is 20.5. The first-order chi connectivity index (χ1) is 24.5. The summed E-state index contributed by atoms with van der Waals surface area (Å²) in [4.78, 5) is 45.1. The van der Waals surface area contributed by atoms with E-state index in [1.807, 2.05) is 0 Å². The van der Waals surface area contributed by atoms with Gasteiger partial charge in [-0.3, -0.25) is 14.4 Å². The average molecular weight is 698 g/mol. The van der Waals surface area contributed by atoms with E-state index in [1.54, 1.807) is 0 Å². The summed E-state index contributed by atoms with van der Waals surface area (Å²) in [6, 6.07) is 0. The number of hydrogen-bond acceptors (Lipinski definition) is 5. The van der Waals surface area contributed by atoms with Crippen molar-refractivity contribution in [1.29, 1.82) is 0 Å². The zero-order valence-electron chi connectivity index (χ0n) is 35.7. The summed E-state index contributed by atoms with van der Waals surface area (Å²) in [6.45, 7) is 20.1. The van der Waals surface area contributed by atoms with Crippen LogP contribution < -0.4 is 0 Å². The van der Waals surface area contributed by atoms with Crippen molar-refractivity contribution in [3.63, 3.8) is 0 Å². The van der Waals surface area contributed by atoms with Gasteiger partial charge < -0.3 is 19.6 Å². The van der Waals surface area contributed by atoms with Crippen LogP contribution in [-0.4, -0.2) is 71.6 Å². The molecule has 7 nitrogen and oxygen atoms in total. The zero-order valence-corrected chi connectivity index (χ0v) is 32.7. The maximum Gasteiger partial charge on any atom is 0.309 e. The van der Waals surface area contributed by atoms with Crippen LogP contribution in [0.15, 0.2) is 0 Å². The van der Waals surface area contributed by atoms with Crippen LogP contribution in [0.3, 0.4) is 0 Å². The van der Waals surface area contributed by atoms with E-state index >= 15 is 0 Å². The third kappa shape index (κ3) is 5.21. The summed E-state index contributed by atoms with van der Waals surface area (Å²) in [5, 5.41) is 9.79. The predicted molar refractivity (Wildman–Crippen MR) is 196 cm³/mol. The molecule has 0 spiro atoms. The minimum absolute atomic E-state index is 0.0580. The lowest BCUT2D eigenvalue weighted by Gasteiger charge is -2.73. The molecule has 7 aliphatic rings. The number of nitrogens with zero attached hydrogens (tertiary/aromatic N) is 2. The van der Waals surface area contributed by atoms with E-state index in [9.17, 15) is 19.5 Å². The van der Waals surface area contributed by atoms with E-state index < -0.39 is 36.7 Å². The number of carboxylic acids is 1. The van der Waals surface area contributed by atoms with E-state index in [4.69, 9.17) is 8.85 Å². The Labute approximate surface area is 307 Å². The van der Waals surface area contributed by atoms with Crippen molar-refractivity contribution < 1.29 is 28.3 Å². The fourth-order valence-corrected chi connectivity index (χ4v) is 14.6. The molecule has 7 rings (SSSR count). The summed E-state index contributed by atoms with van der Waals surface area (Å²) >= 11 is 0. The molecule has 0 aromatic heterocycles. The molecule has 50 heavy (non-hydrogen) atoms. The van der Waals surface area contributed by atoms with Gasteiger partial charge in [0, 0.05) is 35.7 Å². The van der Waals surface area contributed by atoms with Gasteiger partial charge in [0.15, 0.2) is 0 Å². The second-order valence-electron chi connectivity index (χ2n) is 20.5. The molecule has 7 fully saturated rings. The van der Waals surface area contributed by atoms with Gasteiger partial charge in [0.2, 0.25) is 5.91 Å². The minimum Gasteiger partial charge on any atom is -0.481 e. The Kier molecular flexibility index (Phi) is 7.87. The van der Waals surface area contributed by atoms with Crippen LogP contribution in [0, 0.1) is 67.5 Å². The van der Waals surface area contributed by atoms with Crippen molar-refractivity contribution in [2.24, 2.45) is 67.5 Å². The lowest BCUT2D eigenvalue weighted by molar-refractivity contribution is -0.251.